The Balaban J connectivity index is 1.12. The molecular formula is C61H49BN4. The lowest BCUT2D eigenvalue weighted by Gasteiger charge is -2.51. The van der Waals surface area contributed by atoms with Gasteiger partial charge in [-0.15, -0.1) is 0 Å². The molecular weight excluding hydrogens is 800 g/mol. The van der Waals surface area contributed by atoms with Crippen LogP contribution in [0, 0.1) is 0 Å². The Morgan fingerprint density at radius 3 is 1.77 bits per heavy atom. The maximum atomic E-state index is 4.82. The molecule has 0 spiro atoms. The van der Waals surface area contributed by atoms with Crippen molar-refractivity contribution in [3.63, 3.8) is 0 Å². The highest BCUT2D eigenvalue weighted by molar-refractivity contribution is 7.00. The number of para-hydroxylation sites is 2. The van der Waals surface area contributed by atoms with Gasteiger partial charge in [0.05, 0.1) is 11.2 Å². The maximum Gasteiger partial charge on any atom is 0.252 e. The fraction of sp³-hybridized carbons (Fsp3) is 0.131. The molecule has 4 heterocycles. The van der Waals surface area contributed by atoms with Crippen LogP contribution in [0.4, 0.5) is 45.5 Å². The van der Waals surface area contributed by atoms with Crippen LogP contribution in [0.1, 0.15) is 45.1 Å². The Kier molecular flexibility index (Phi) is 8.80. The Bertz CT molecular complexity index is 3320. The first-order valence-electron chi connectivity index (χ1n) is 23.6. The molecule has 0 radical (unpaired) electrons. The summed E-state index contributed by atoms with van der Waals surface area (Å²) < 4.78 is 0. The quantitative estimate of drug-likeness (QED) is 0.156. The SMILES string of the molecule is CC12CCCCC1(C)N(c1cc3c4c(c1)N(c1cccc(-c5ccccc5)c1)c1cc(-c5ccccc5)ccc1B4c1ccccc1N3c1ccccc1)c1ccc(-c3ccccn3)cc12. The van der Waals surface area contributed by atoms with E-state index in [1.54, 1.807) is 0 Å². The van der Waals surface area contributed by atoms with E-state index in [0.29, 0.717) is 0 Å². The third-order valence-corrected chi connectivity index (χ3v) is 15.6. The van der Waals surface area contributed by atoms with Gasteiger partial charge in [-0.1, -0.05) is 153 Å². The fourth-order valence-electron chi connectivity index (χ4n) is 12.3. The molecule has 0 N–H and O–H groups in total. The molecule has 316 valence electrons. The molecule has 1 aromatic heterocycles. The minimum absolute atomic E-state index is 0.0101. The predicted molar refractivity (Wildman–Crippen MR) is 277 cm³/mol. The summed E-state index contributed by atoms with van der Waals surface area (Å²) in [6.07, 6.45) is 6.56. The highest BCUT2D eigenvalue weighted by Gasteiger charge is 2.58. The number of hydrogen-bond donors (Lipinski definition) is 0. The smallest absolute Gasteiger partial charge is 0.252 e. The van der Waals surface area contributed by atoms with Crippen molar-refractivity contribution in [2.75, 3.05) is 14.7 Å². The lowest BCUT2D eigenvalue weighted by atomic mass is 9.33. The summed E-state index contributed by atoms with van der Waals surface area (Å²) in [5.41, 5.74) is 21.8. The number of hydrogen-bond acceptors (Lipinski definition) is 4. The van der Waals surface area contributed by atoms with E-state index in [2.05, 4.69) is 229 Å². The molecule has 1 aliphatic carbocycles. The Morgan fingerprint density at radius 1 is 0.424 bits per heavy atom. The molecule has 2 unspecified atom stereocenters. The predicted octanol–water partition coefficient (Wildman–Crippen LogP) is 13.9. The maximum absolute atomic E-state index is 4.82. The van der Waals surface area contributed by atoms with Crippen molar-refractivity contribution in [1.82, 2.24) is 4.98 Å². The molecule has 3 aliphatic heterocycles. The van der Waals surface area contributed by atoms with Gasteiger partial charge in [-0.05, 0) is 137 Å². The first-order valence-corrected chi connectivity index (χ1v) is 23.6. The highest BCUT2D eigenvalue weighted by Crippen LogP contribution is 2.62. The number of nitrogens with zero attached hydrogens (tertiary/aromatic N) is 4. The Morgan fingerprint density at radius 2 is 1.03 bits per heavy atom. The normalized spacial score (nSPS) is 18.8. The number of benzene rings is 8. The van der Waals surface area contributed by atoms with Gasteiger partial charge < -0.3 is 14.7 Å². The summed E-state index contributed by atoms with van der Waals surface area (Å²) in [5.74, 6) is 0. The number of anilines is 8. The zero-order valence-corrected chi connectivity index (χ0v) is 37.4. The van der Waals surface area contributed by atoms with Gasteiger partial charge in [-0.2, -0.15) is 0 Å². The Hall–Kier alpha value is -7.63. The molecule has 4 aliphatic rings. The highest BCUT2D eigenvalue weighted by atomic mass is 15.3. The van der Waals surface area contributed by atoms with Crippen molar-refractivity contribution in [1.29, 1.82) is 0 Å². The monoisotopic (exact) mass is 848 g/mol. The summed E-state index contributed by atoms with van der Waals surface area (Å²) in [6, 6.07) is 76.7. The molecule has 9 aromatic rings. The third kappa shape index (κ3) is 5.75. The molecule has 4 nitrogen and oxygen atoms in total. The topological polar surface area (TPSA) is 22.6 Å². The second kappa shape index (κ2) is 15.0. The van der Waals surface area contributed by atoms with Crippen molar-refractivity contribution < 1.29 is 0 Å². The number of rotatable bonds is 6. The van der Waals surface area contributed by atoms with Crippen molar-refractivity contribution in [3.8, 4) is 33.5 Å². The second-order valence-corrected chi connectivity index (χ2v) is 19.0. The van der Waals surface area contributed by atoms with Crippen LogP contribution in [0.3, 0.4) is 0 Å². The summed E-state index contributed by atoms with van der Waals surface area (Å²) in [6.45, 7) is 5.10. The minimum atomic E-state index is -0.175. The van der Waals surface area contributed by atoms with Gasteiger partial charge in [-0.3, -0.25) is 4.98 Å². The number of aromatic nitrogens is 1. The molecule has 2 atom stereocenters. The summed E-state index contributed by atoms with van der Waals surface area (Å²) in [7, 11) is 0. The molecule has 0 bridgehead atoms. The van der Waals surface area contributed by atoms with Gasteiger partial charge in [-0.25, -0.2) is 0 Å². The van der Waals surface area contributed by atoms with Gasteiger partial charge in [0.2, 0.25) is 0 Å². The molecule has 66 heavy (non-hydrogen) atoms. The van der Waals surface area contributed by atoms with E-state index < -0.39 is 0 Å². The van der Waals surface area contributed by atoms with E-state index in [0.717, 1.165) is 29.9 Å². The van der Waals surface area contributed by atoms with Gasteiger partial charge in [0.15, 0.2) is 0 Å². The van der Waals surface area contributed by atoms with Crippen LogP contribution in [-0.4, -0.2) is 17.2 Å². The van der Waals surface area contributed by atoms with Crippen LogP contribution in [0.25, 0.3) is 33.5 Å². The fourth-order valence-corrected chi connectivity index (χ4v) is 12.3. The first kappa shape index (κ1) is 38.8. The molecule has 0 saturated heterocycles. The molecule has 5 heteroatoms. The van der Waals surface area contributed by atoms with E-state index in [4.69, 9.17) is 4.98 Å². The van der Waals surface area contributed by atoms with Crippen LogP contribution >= 0.6 is 0 Å². The van der Waals surface area contributed by atoms with E-state index >= 15 is 0 Å². The Labute approximate surface area is 388 Å². The second-order valence-electron chi connectivity index (χ2n) is 19.0. The number of pyridine rings is 1. The van der Waals surface area contributed by atoms with Crippen molar-refractivity contribution >= 4 is 68.6 Å². The third-order valence-electron chi connectivity index (χ3n) is 15.6. The zero-order chi connectivity index (χ0) is 44.0. The van der Waals surface area contributed by atoms with E-state index in [9.17, 15) is 0 Å². The first-order chi connectivity index (χ1) is 32.5. The van der Waals surface area contributed by atoms with E-state index in [1.807, 2.05) is 12.3 Å². The lowest BCUT2D eigenvalue weighted by molar-refractivity contribution is 0.195. The van der Waals surface area contributed by atoms with Crippen LogP contribution in [-0.2, 0) is 5.41 Å². The molecule has 1 fully saturated rings. The number of fused-ring (bicyclic) bond motifs is 7. The van der Waals surface area contributed by atoms with Crippen molar-refractivity contribution in [2.45, 2.75) is 50.5 Å². The van der Waals surface area contributed by atoms with Gasteiger partial charge in [0.1, 0.15) is 0 Å². The lowest BCUT2D eigenvalue weighted by Crippen LogP contribution is -2.61. The van der Waals surface area contributed by atoms with Crippen LogP contribution in [0.15, 0.2) is 212 Å². The van der Waals surface area contributed by atoms with Crippen molar-refractivity contribution in [2.24, 2.45) is 0 Å². The van der Waals surface area contributed by atoms with Gasteiger partial charge in [0, 0.05) is 62.7 Å². The minimum Gasteiger partial charge on any atom is -0.334 e. The average Bonchev–Trinajstić information content (AvgIpc) is 3.59. The standard InChI is InChI=1S/C61H49BN4/c1-60-34-15-16-35-61(60,2)66(54-33-31-46(38-50(54)60)53-28-14-17-36-63-53)49-40-57-59-58(41-49)65(48-26-18-23-44(37-48)42-19-6-3-7-20-42)56-39-45(43-21-8-4-9-22-43)30-32-52(56)62(59)51-27-12-13-29-55(51)64(57)47-24-10-5-11-25-47/h3-14,17-33,36-41H,15-16,34-35H2,1-2H3. The summed E-state index contributed by atoms with van der Waals surface area (Å²) in [4.78, 5) is 12.7. The van der Waals surface area contributed by atoms with E-state index in [1.165, 1.54) is 96.7 Å². The van der Waals surface area contributed by atoms with Crippen LogP contribution < -0.4 is 31.1 Å². The molecule has 0 amide bonds. The van der Waals surface area contributed by atoms with Crippen LogP contribution in [0.5, 0.6) is 0 Å². The summed E-state index contributed by atoms with van der Waals surface area (Å²) in [5, 5.41) is 0. The summed E-state index contributed by atoms with van der Waals surface area (Å²) >= 11 is 0. The largest absolute Gasteiger partial charge is 0.334 e. The molecule has 13 rings (SSSR count). The van der Waals surface area contributed by atoms with Crippen LogP contribution in [0.2, 0.25) is 0 Å². The average molecular weight is 849 g/mol. The molecule has 8 aromatic carbocycles. The van der Waals surface area contributed by atoms with E-state index in [-0.39, 0.29) is 17.7 Å². The van der Waals surface area contributed by atoms with Crippen molar-refractivity contribution in [3.05, 3.63) is 218 Å². The van der Waals surface area contributed by atoms with Gasteiger partial charge in [0.25, 0.3) is 6.71 Å². The van der Waals surface area contributed by atoms with Gasteiger partial charge >= 0.3 is 0 Å². The zero-order valence-electron chi connectivity index (χ0n) is 37.4. The molecule has 1 saturated carbocycles.